The maximum absolute atomic E-state index is 12.2. The first-order valence-electron chi connectivity index (χ1n) is 7.52. The van der Waals surface area contributed by atoms with Gasteiger partial charge in [-0.2, -0.15) is 27.1 Å². The molecule has 0 heterocycles. The quantitative estimate of drug-likeness (QED) is 0.186. The number of nitrogens with zero attached hydrogens (tertiary/aromatic N) is 2. The Kier molecular flexibility index (Phi) is 9.07. The molecule has 0 amide bonds. The average molecular weight is 484 g/mol. The first-order chi connectivity index (χ1) is 13.4. The molecule has 31 heavy (non-hydrogen) atoms. The van der Waals surface area contributed by atoms with Gasteiger partial charge in [0.25, 0.3) is 20.2 Å². The number of phenolic OH excluding ortho intramolecular Hbond substituents is 1. The molecular formula is C16H10N2Na2O9S2. The molecule has 0 spiro atoms. The Morgan fingerprint density at radius 3 is 1.90 bits per heavy atom. The molecule has 3 rings (SSSR count). The standard InChI is InChI=1S/C16H12N2O9S2.2Na/c19-12-4-2-9(28(22,23)24)6-11(12)17-18-16-13(20)3-1-8-5-10(29(25,26)27)7-14(21)15(8)16;;/h1-7,19-21H,(H,22,23,24)(H,25,26,27);;/q;2*+1/p-2. The van der Waals surface area contributed by atoms with Crippen LogP contribution in [-0.4, -0.2) is 31.0 Å². The van der Waals surface area contributed by atoms with Crippen molar-refractivity contribution in [3.8, 4) is 17.2 Å². The van der Waals surface area contributed by atoms with E-state index in [2.05, 4.69) is 10.2 Å². The van der Waals surface area contributed by atoms with Crippen LogP contribution in [0.2, 0.25) is 0 Å². The number of phenols is 1. The SMILES string of the molecule is O=S(=O)(O)c1ccc([O-])c(N=Nc2c([O-])ccc3cc(S(=O)(=O)O)cc(O)c23)c1.[Na+].[Na+]. The predicted octanol–water partition coefficient (Wildman–Crippen LogP) is -4.39. The topological polar surface area (TPSA) is 200 Å². The summed E-state index contributed by atoms with van der Waals surface area (Å²) in [5, 5.41) is 41.1. The summed E-state index contributed by atoms with van der Waals surface area (Å²) in [6.45, 7) is 0. The summed E-state index contributed by atoms with van der Waals surface area (Å²) in [6.07, 6.45) is 0. The molecule has 0 atom stereocenters. The van der Waals surface area contributed by atoms with Crippen molar-refractivity contribution in [1.29, 1.82) is 0 Å². The molecule has 0 aliphatic carbocycles. The fourth-order valence-corrected chi connectivity index (χ4v) is 3.50. The van der Waals surface area contributed by atoms with E-state index in [4.69, 9.17) is 9.11 Å². The van der Waals surface area contributed by atoms with Gasteiger partial charge in [0.2, 0.25) is 0 Å². The summed E-state index contributed by atoms with van der Waals surface area (Å²) < 4.78 is 63.1. The minimum absolute atomic E-state index is 0. The van der Waals surface area contributed by atoms with Crippen LogP contribution in [0.5, 0.6) is 17.2 Å². The second kappa shape index (κ2) is 10.1. The molecule has 0 unspecified atom stereocenters. The molecular weight excluding hydrogens is 474 g/mol. The Bertz CT molecular complexity index is 1390. The van der Waals surface area contributed by atoms with Gasteiger partial charge >= 0.3 is 59.1 Å². The summed E-state index contributed by atoms with van der Waals surface area (Å²) in [6, 6.07) is 6.30. The molecule has 0 saturated carbocycles. The Morgan fingerprint density at radius 2 is 1.32 bits per heavy atom. The summed E-state index contributed by atoms with van der Waals surface area (Å²) in [7, 11) is -9.25. The number of azo groups is 1. The van der Waals surface area contributed by atoms with Crippen molar-refractivity contribution in [2.75, 3.05) is 0 Å². The smallest absolute Gasteiger partial charge is 0.871 e. The van der Waals surface area contributed by atoms with Crippen LogP contribution in [0.3, 0.4) is 0 Å². The van der Waals surface area contributed by atoms with Gasteiger partial charge in [-0.25, -0.2) is 0 Å². The van der Waals surface area contributed by atoms with Crippen LogP contribution in [0.25, 0.3) is 10.8 Å². The summed E-state index contributed by atoms with van der Waals surface area (Å²) in [5.41, 5.74) is -0.968. The maximum Gasteiger partial charge on any atom is 1.00 e. The van der Waals surface area contributed by atoms with Crippen LogP contribution < -0.4 is 69.3 Å². The van der Waals surface area contributed by atoms with Crippen LogP contribution in [0, 0.1) is 0 Å². The van der Waals surface area contributed by atoms with Gasteiger partial charge in [0.1, 0.15) is 5.75 Å². The van der Waals surface area contributed by atoms with E-state index < -0.39 is 58.7 Å². The van der Waals surface area contributed by atoms with Crippen LogP contribution in [0.1, 0.15) is 0 Å². The molecule has 15 heteroatoms. The first-order valence-corrected chi connectivity index (χ1v) is 10.4. The number of benzene rings is 3. The zero-order valence-corrected chi connectivity index (χ0v) is 21.7. The third kappa shape index (κ3) is 6.16. The Labute approximate surface area is 220 Å². The van der Waals surface area contributed by atoms with E-state index in [0.717, 1.165) is 30.3 Å². The molecule has 3 aromatic carbocycles. The summed E-state index contributed by atoms with van der Waals surface area (Å²) >= 11 is 0. The van der Waals surface area contributed by atoms with Gasteiger partial charge in [0, 0.05) is 6.07 Å². The van der Waals surface area contributed by atoms with E-state index in [1.807, 2.05) is 0 Å². The largest absolute Gasteiger partial charge is 1.00 e. The minimum Gasteiger partial charge on any atom is -0.871 e. The van der Waals surface area contributed by atoms with Gasteiger partial charge < -0.3 is 15.3 Å². The molecule has 0 fully saturated rings. The minimum atomic E-state index is -4.63. The van der Waals surface area contributed by atoms with Gasteiger partial charge in [-0.15, -0.1) is 0 Å². The Hall–Kier alpha value is -1.26. The predicted molar refractivity (Wildman–Crippen MR) is 94.8 cm³/mol. The van der Waals surface area contributed by atoms with Gasteiger partial charge in [-0.3, -0.25) is 9.11 Å². The van der Waals surface area contributed by atoms with E-state index >= 15 is 0 Å². The molecule has 0 aliphatic rings. The van der Waals surface area contributed by atoms with Gasteiger partial charge in [0.05, 0.1) is 26.6 Å². The van der Waals surface area contributed by atoms with E-state index in [9.17, 15) is 32.2 Å². The molecule has 3 N–H and O–H groups in total. The number of aromatic hydroxyl groups is 1. The van der Waals surface area contributed by atoms with Gasteiger partial charge in [-0.1, -0.05) is 29.7 Å². The zero-order valence-electron chi connectivity index (χ0n) is 16.0. The normalized spacial score (nSPS) is 11.8. The molecule has 3 aromatic rings. The van der Waals surface area contributed by atoms with Crippen molar-refractivity contribution in [2.45, 2.75) is 9.79 Å². The number of fused-ring (bicyclic) bond motifs is 1. The molecule has 0 saturated heterocycles. The monoisotopic (exact) mass is 484 g/mol. The molecule has 11 nitrogen and oxygen atoms in total. The number of hydrogen-bond donors (Lipinski definition) is 3. The van der Waals surface area contributed by atoms with Crippen molar-refractivity contribution in [1.82, 2.24) is 0 Å². The van der Waals surface area contributed by atoms with Crippen molar-refractivity contribution in [3.63, 3.8) is 0 Å². The molecule has 0 aliphatic heterocycles. The molecule has 0 aromatic heterocycles. The second-order valence-electron chi connectivity index (χ2n) is 5.73. The number of rotatable bonds is 4. The van der Waals surface area contributed by atoms with E-state index in [0.29, 0.717) is 6.07 Å². The Balaban J connectivity index is 0.00000240. The number of hydrogen-bond acceptors (Lipinski definition) is 9. The van der Waals surface area contributed by atoms with Crippen molar-refractivity contribution in [2.24, 2.45) is 10.2 Å². The fourth-order valence-electron chi connectivity index (χ4n) is 2.47. The van der Waals surface area contributed by atoms with Crippen LogP contribution >= 0.6 is 0 Å². The van der Waals surface area contributed by atoms with E-state index in [-0.39, 0.29) is 69.9 Å². The van der Waals surface area contributed by atoms with E-state index in [1.165, 1.54) is 6.07 Å². The third-order valence-corrected chi connectivity index (χ3v) is 5.47. The van der Waals surface area contributed by atoms with Crippen molar-refractivity contribution < 1.29 is 100 Å². The fraction of sp³-hybridized carbons (Fsp3) is 0. The van der Waals surface area contributed by atoms with Crippen molar-refractivity contribution in [3.05, 3.63) is 42.5 Å². The first kappa shape index (κ1) is 27.8. The summed E-state index contributed by atoms with van der Waals surface area (Å²) in [4.78, 5) is -1.24. The van der Waals surface area contributed by atoms with Crippen LogP contribution in [0.15, 0.2) is 62.5 Å². The molecule has 0 radical (unpaired) electrons. The van der Waals surface area contributed by atoms with Gasteiger partial charge in [-0.05, 0) is 23.6 Å². The average Bonchev–Trinajstić information content (AvgIpc) is 2.60. The maximum atomic E-state index is 12.2. The third-order valence-electron chi connectivity index (χ3n) is 3.79. The Morgan fingerprint density at radius 1 is 0.742 bits per heavy atom. The molecule has 0 bridgehead atoms. The second-order valence-corrected chi connectivity index (χ2v) is 8.58. The van der Waals surface area contributed by atoms with Crippen LogP contribution in [0.4, 0.5) is 11.4 Å². The van der Waals surface area contributed by atoms with Gasteiger partial charge in [0.15, 0.2) is 0 Å². The van der Waals surface area contributed by atoms with E-state index in [1.54, 1.807) is 0 Å². The molecule has 152 valence electrons. The summed E-state index contributed by atoms with van der Waals surface area (Å²) in [5.74, 6) is -2.20. The van der Waals surface area contributed by atoms with Crippen LogP contribution in [-0.2, 0) is 20.2 Å². The zero-order chi connectivity index (χ0) is 21.6. The van der Waals surface area contributed by atoms with Crippen molar-refractivity contribution >= 4 is 42.4 Å².